The van der Waals surface area contributed by atoms with Crippen LogP contribution in [0.5, 0.6) is 0 Å². The maximum atomic E-state index is 12.7. The van der Waals surface area contributed by atoms with Crippen LogP contribution in [-0.4, -0.2) is 24.2 Å². The summed E-state index contributed by atoms with van der Waals surface area (Å²) in [6.07, 6.45) is -4.08. The molecular weight excluding hydrogens is 215 g/mol. The van der Waals surface area contributed by atoms with Crippen LogP contribution in [-0.2, 0) is 13.0 Å². The second kappa shape index (κ2) is 3.77. The molecule has 0 amide bonds. The molecule has 0 aromatic heterocycles. The molecule has 1 heterocycles. The summed E-state index contributed by atoms with van der Waals surface area (Å²) < 4.78 is 38.2. The van der Waals surface area contributed by atoms with E-state index in [1.807, 2.05) is 25.1 Å². The zero-order valence-corrected chi connectivity index (χ0v) is 9.30. The summed E-state index contributed by atoms with van der Waals surface area (Å²) in [4.78, 5) is 1.38. The molecule has 1 aliphatic heterocycles. The number of halogens is 3. The first-order chi connectivity index (χ1) is 7.38. The number of nitrogens with zero attached hydrogens (tertiary/aromatic N) is 1. The van der Waals surface area contributed by atoms with Crippen LogP contribution in [0.25, 0.3) is 0 Å². The lowest BCUT2D eigenvalue weighted by Gasteiger charge is -2.35. The summed E-state index contributed by atoms with van der Waals surface area (Å²) in [5.41, 5.74) is 2.94. The molecule has 1 aromatic rings. The monoisotopic (exact) mass is 229 g/mol. The highest BCUT2D eigenvalue weighted by Gasteiger charge is 2.44. The fraction of sp³-hybridized carbons (Fsp3) is 0.500. The summed E-state index contributed by atoms with van der Waals surface area (Å²) in [5, 5.41) is 0. The van der Waals surface area contributed by atoms with Gasteiger partial charge in [-0.05, 0) is 31.5 Å². The summed E-state index contributed by atoms with van der Waals surface area (Å²) in [6, 6.07) is 4.31. The van der Waals surface area contributed by atoms with E-state index in [2.05, 4.69) is 0 Å². The highest BCUT2D eigenvalue weighted by Crippen LogP contribution is 2.32. The minimum Gasteiger partial charge on any atom is -0.291 e. The van der Waals surface area contributed by atoms with E-state index >= 15 is 0 Å². The number of rotatable bonds is 0. The van der Waals surface area contributed by atoms with Crippen molar-refractivity contribution in [3.05, 3.63) is 34.9 Å². The van der Waals surface area contributed by atoms with E-state index in [1.165, 1.54) is 11.9 Å². The normalized spacial score (nSPS) is 21.9. The lowest BCUT2D eigenvalue weighted by molar-refractivity contribution is -0.183. The van der Waals surface area contributed by atoms with Gasteiger partial charge in [0.05, 0.1) is 0 Å². The number of fused-ring (bicyclic) bond motifs is 1. The first kappa shape index (κ1) is 11.5. The molecule has 2 rings (SSSR count). The third-order valence-electron chi connectivity index (χ3n) is 3.10. The Bertz CT molecular complexity index is 398. The number of hydrogen-bond donors (Lipinski definition) is 0. The van der Waals surface area contributed by atoms with E-state index in [0.717, 1.165) is 16.7 Å². The van der Waals surface area contributed by atoms with Crippen LogP contribution in [0.2, 0.25) is 0 Å². The molecule has 88 valence electrons. The van der Waals surface area contributed by atoms with Gasteiger partial charge < -0.3 is 0 Å². The van der Waals surface area contributed by atoms with Crippen molar-refractivity contribution in [2.24, 2.45) is 0 Å². The summed E-state index contributed by atoms with van der Waals surface area (Å²) in [5.74, 6) is 0. The van der Waals surface area contributed by atoms with Crippen molar-refractivity contribution in [3.63, 3.8) is 0 Å². The first-order valence-electron chi connectivity index (χ1n) is 5.23. The van der Waals surface area contributed by atoms with Gasteiger partial charge in [0, 0.05) is 6.54 Å². The van der Waals surface area contributed by atoms with Crippen molar-refractivity contribution in [3.8, 4) is 0 Å². The standard InChI is InChI=1S/C12H14F3N/c1-8-3-4-9-6-11(12(13,14)15)16(2)7-10(9)5-8/h3-5,11H,6-7H2,1-2H3. The molecule has 0 saturated heterocycles. The maximum absolute atomic E-state index is 12.7. The van der Waals surface area contributed by atoms with Crippen LogP contribution in [0.4, 0.5) is 13.2 Å². The second-order valence-corrected chi connectivity index (χ2v) is 4.45. The summed E-state index contributed by atoms with van der Waals surface area (Å²) >= 11 is 0. The van der Waals surface area contributed by atoms with Gasteiger partial charge in [0.15, 0.2) is 0 Å². The first-order valence-corrected chi connectivity index (χ1v) is 5.23. The Kier molecular flexibility index (Phi) is 2.70. The Hall–Kier alpha value is -1.03. The van der Waals surface area contributed by atoms with E-state index in [-0.39, 0.29) is 6.42 Å². The Labute approximate surface area is 92.9 Å². The van der Waals surface area contributed by atoms with Crippen LogP contribution >= 0.6 is 0 Å². The minimum atomic E-state index is -4.14. The molecule has 1 aromatic carbocycles. The highest BCUT2D eigenvalue weighted by atomic mass is 19.4. The molecule has 1 aliphatic rings. The molecule has 1 unspecified atom stereocenters. The molecule has 4 heteroatoms. The molecule has 0 spiro atoms. The van der Waals surface area contributed by atoms with Crippen molar-refractivity contribution in [2.75, 3.05) is 7.05 Å². The molecule has 1 nitrogen and oxygen atoms in total. The largest absolute Gasteiger partial charge is 0.404 e. The Balaban J connectivity index is 2.32. The quantitative estimate of drug-likeness (QED) is 0.661. The smallest absolute Gasteiger partial charge is 0.291 e. The Morgan fingerprint density at radius 1 is 1.25 bits per heavy atom. The van der Waals surface area contributed by atoms with Crippen LogP contribution < -0.4 is 0 Å². The number of benzene rings is 1. The number of hydrogen-bond acceptors (Lipinski definition) is 1. The van der Waals surface area contributed by atoms with Crippen LogP contribution in [0.1, 0.15) is 16.7 Å². The molecule has 1 atom stereocenters. The Morgan fingerprint density at radius 3 is 2.56 bits per heavy atom. The van der Waals surface area contributed by atoms with Crippen molar-refractivity contribution < 1.29 is 13.2 Å². The predicted molar refractivity (Wildman–Crippen MR) is 56.2 cm³/mol. The van der Waals surface area contributed by atoms with Crippen molar-refractivity contribution in [2.45, 2.75) is 32.1 Å². The van der Waals surface area contributed by atoms with Gasteiger partial charge in [0.25, 0.3) is 0 Å². The minimum absolute atomic E-state index is 0.0651. The van der Waals surface area contributed by atoms with Crippen LogP contribution in [0.3, 0.4) is 0 Å². The molecule has 0 aliphatic carbocycles. The van der Waals surface area contributed by atoms with Gasteiger partial charge in [-0.3, -0.25) is 4.90 Å². The zero-order chi connectivity index (χ0) is 11.9. The van der Waals surface area contributed by atoms with Gasteiger partial charge in [0.1, 0.15) is 6.04 Å². The third-order valence-corrected chi connectivity index (χ3v) is 3.10. The Morgan fingerprint density at radius 2 is 1.94 bits per heavy atom. The number of alkyl halides is 3. The van der Waals surface area contributed by atoms with E-state index in [9.17, 15) is 13.2 Å². The van der Waals surface area contributed by atoms with Gasteiger partial charge in [-0.2, -0.15) is 13.2 Å². The summed E-state index contributed by atoms with van der Waals surface area (Å²) in [6.45, 7) is 2.33. The molecule has 0 N–H and O–H groups in total. The van der Waals surface area contributed by atoms with Crippen LogP contribution in [0.15, 0.2) is 18.2 Å². The highest BCUT2D eigenvalue weighted by molar-refractivity contribution is 5.34. The van der Waals surface area contributed by atoms with Crippen LogP contribution in [0, 0.1) is 6.92 Å². The lowest BCUT2D eigenvalue weighted by atomic mass is 9.93. The predicted octanol–water partition coefficient (Wildman–Crippen LogP) is 2.91. The fourth-order valence-electron chi connectivity index (χ4n) is 2.21. The van der Waals surface area contributed by atoms with E-state index < -0.39 is 12.2 Å². The average Bonchev–Trinajstić information content (AvgIpc) is 2.14. The molecule has 0 radical (unpaired) electrons. The molecule has 0 fully saturated rings. The van der Waals surface area contributed by atoms with Crippen molar-refractivity contribution in [1.82, 2.24) is 4.90 Å². The molecular formula is C12H14F3N. The van der Waals surface area contributed by atoms with Crippen molar-refractivity contribution in [1.29, 1.82) is 0 Å². The fourth-order valence-corrected chi connectivity index (χ4v) is 2.21. The van der Waals surface area contributed by atoms with Gasteiger partial charge in [0.2, 0.25) is 0 Å². The molecule has 0 bridgehead atoms. The number of aryl methyl sites for hydroxylation is 1. The van der Waals surface area contributed by atoms with Gasteiger partial charge in [-0.15, -0.1) is 0 Å². The third kappa shape index (κ3) is 2.07. The topological polar surface area (TPSA) is 3.24 Å². The van der Waals surface area contributed by atoms with Gasteiger partial charge in [-0.1, -0.05) is 23.8 Å². The summed E-state index contributed by atoms with van der Waals surface area (Å²) in [7, 11) is 1.53. The zero-order valence-electron chi connectivity index (χ0n) is 9.30. The van der Waals surface area contributed by atoms with E-state index in [0.29, 0.717) is 6.54 Å². The second-order valence-electron chi connectivity index (χ2n) is 4.45. The maximum Gasteiger partial charge on any atom is 0.404 e. The number of likely N-dealkylation sites (N-methyl/N-ethyl adjacent to an activating group) is 1. The molecule has 16 heavy (non-hydrogen) atoms. The van der Waals surface area contributed by atoms with E-state index in [4.69, 9.17) is 0 Å². The van der Waals surface area contributed by atoms with Crippen molar-refractivity contribution >= 4 is 0 Å². The lowest BCUT2D eigenvalue weighted by Crippen LogP contribution is -2.47. The average molecular weight is 229 g/mol. The molecule has 0 saturated carbocycles. The van der Waals surface area contributed by atoms with E-state index in [1.54, 1.807) is 0 Å². The van der Waals surface area contributed by atoms with Gasteiger partial charge in [-0.25, -0.2) is 0 Å². The SMILES string of the molecule is Cc1ccc2c(c1)CN(C)C(C(F)(F)F)C2. The van der Waals surface area contributed by atoms with Gasteiger partial charge >= 0.3 is 6.18 Å².